The monoisotopic (exact) mass is 351 g/mol. The Balaban J connectivity index is 1.99. The van der Waals surface area contributed by atoms with Crippen LogP contribution in [0.5, 0.6) is 0 Å². The van der Waals surface area contributed by atoms with Gasteiger partial charge < -0.3 is 5.32 Å². The van der Waals surface area contributed by atoms with Crippen LogP contribution >= 0.6 is 11.6 Å². The molecule has 0 radical (unpaired) electrons. The second-order valence-electron chi connectivity index (χ2n) is 6.79. The predicted octanol–water partition coefficient (Wildman–Crippen LogP) is 7.29. The minimum absolute atomic E-state index is 0.0938. The van der Waals surface area contributed by atoms with E-state index in [2.05, 4.69) is 12.2 Å². The fourth-order valence-corrected chi connectivity index (χ4v) is 3.06. The summed E-state index contributed by atoms with van der Waals surface area (Å²) in [5.41, 5.74) is 1.88. The maximum Gasteiger partial charge on any atom is 0.224 e. The normalized spacial score (nSPS) is 10.8. The average Bonchev–Trinajstić information content (AvgIpc) is 2.56. The van der Waals surface area contributed by atoms with E-state index >= 15 is 0 Å². The maximum atomic E-state index is 12.0. The van der Waals surface area contributed by atoms with E-state index in [4.69, 9.17) is 11.6 Å². The zero-order valence-corrected chi connectivity index (χ0v) is 16.3. The van der Waals surface area contributed by atoms with Crippen molar-refractivity contribution in [1.29, 1.82) is 0 Å². The highest BCUT2D eigenvalue weighted by molar-refractivity contribution is 6.31. The predicted molar refractivity (Wildman–Crippen MR) is 106 cm³/mol. The van der Waals surface area contributed by atoms with Crippen LogP contribution in [-0.4, -0.2) is 5.91 Å². The lowest BCUT2D eigenvalue weighted by molar-refractivity contribution is -0.116. The van der Waals surface area contributed by atoms with Crippen LogP contribution < -0.4 is 5.32 Å². The number of aryl methyl sites for hydroxylation is 1. The summed E-state index contributed by atoms with van der Waals surface area (Å²) in [6.07, 6.45) is 14.9. The third-order valence-electron chi connectivity index (χ3n) is 4.48. The van der Waals surface area contributed by atoms with Gasteiger partial charge in [-0.1, -0.05) is 88.8 Å². The van der Waals surface area contributed by atoms with Crippen molar-refractivity contribution in [3.05, 3.63) is 28.8 Å². The number of hydrogen-bond acceptors (Lipinski definition) is 1. The number of hydrogen-bond donors (Lipinski definition) is 1. The molecule has 0 bridgehead atoms. The first-order chi connectivity index (χ1) is 11.6. The number of carbonyl (C=O) groups is 1. The minimum Gasteiger partial charge on any atom is -0.326 e. The fraction of sp³-hybridized carbons (Fsp3) is 0.667. The fourth-order valence-electron chi connectivity index (χ4n) is 2.89. The molecule has 0 atom stereocenters. The van der Waals surface area contributed by atoms with Gasteiger partial charge in [-0.2, -0.15) is 0 Å². The summed E-state index contributed by atoms with van der Waals surface area (Å²) >= 11 is 5.97. The molecular formula is C21H34ClNO. The van der Waals surface area contributed by atoms with Gasteiger partial charge in [-0.25, -0.2) is 0 Å². The van der Waals surface area contributed by atoms with E-state index in [1.165, 1.54) is 57.8 Å². The third kappa shape index (κ3) is 9.97. The largest absolute Gasteiger partial charge is 0.326 e. The second-order valence-corrected chi connectivity index (χ2v) is 7.23. The molecule has 1 amide bonds. The van der Waals surface area contributed by atoms with Gasteiger partial charge in [0.15, 0.2) is 0 Å². The Bertz CT molecular complexity index is 473. The molecule has 1 N–H and O–H groups in total. The van der Waals surface area contributed by atoms with Crippen molar-refractivity contribution in [3.8, 4) is 0 Å². The van der Waals surface area contributed by atoms with Gasteiger partial charge in [0.2, 0.25) is 5.91 Å². The molecule has 1 aromatic rings. The van der Waals surface area contributed by atoms with Crippen LogP contribution in [0.4, 0.5) is 5.69 Å². The molecular weight excluding hydrogens is 318 g/mol. The topological polar surface area (TPSA) is 29.1 Å². The molecule has 0 saturated carbocycles. The van der Waals surface area contributed by atoms with Crippen LogP contribution in [0.15, 0.2) is 18.2 Å². The van der Waals surface area contributed by atoms with E-state index in [0.29, 0.717) is 11.4 Å². The zero-order valence-electron chi connectivity index (χ0n) is 15.5. The van der Waals surface area contributed by atoms with Crippen LogP contribution in [0.2, 0.25) is 5.02 Å². The van der Waals surface area contributed by atoms with Crippen molar-refractivity contribution >= 4 is 23.2 Å². The van der Waals surface area contributed by atoms with Gasteiger partial charge in [0.1, 0.15) is 0 Å². The molecule has 0 aliphatic heterocycles. The van der Waals surface area contributed by atoms with E-state index in [9.17, 15) is 4.79 Å². The summed E-state index contributed by atoms with van der Waals surface area (Å²) in [6.45, 7) is 4.24. The summed E-state index contributed by atoms with van der Waals surface area (Å²) in [5.74, 6) is 0.0938. The van der Waals surface area contributed by atoms with Gasteiger partial charge >= 0.3 is 0 Å². The molecule has 0 fully saturated rings. The van der Waals surface area contributed by atoms with Gasteiger partial charge in [0, 0.05) is 17.1 Å². The van der Waals surface area contributed by atoms with E-state index < -0.39 is 0 Å². The van der Waals surface area contributed by atoms with Crippen LogP contribution in [0, 0.1) is 6.92 Å². The average molecular weight is 352 g/mol. The second kappa shape index (κ2) is 13.3. The van der Waals surface area contributed by atoms with Gasteiger partial charge in [0.05, 0.1) is 0 Å². The van der Waals surface area contributed by atoms with Crippen molar-refractivity contribution in [3.63, 3.8) is 0 Å². The van der Waals surface area contributed by atoms with E-state index in [-0.39, 0.29) is 5.91 Å². The Kier molecular flexibility index (Phi) is 11.6. The van der Waals surface area contributed by atoms with Gasteiger partial charge in [-0.3, -0.25) is 4.79 Å². The molecule has 0 aliphatic rings. The number of rotatable bonds is 13. The van der Waals surface area contributed by atoms with Crippen LogP contribution in [-0.2, 0) is 4.79 Å². The lowest BCUT2D eigenvalue weighted by atomic mass is 10.1. The molecule has 3 heteroatoms. The quantitative estimate of drug-likeness (QED) is 0.371. The van der Waals surface area contributed by atoms with E-state index in [0.717, 1.165) is 24.1 Å². The summed E-state index contributed by atoms with van der Waals surface area (Å²) in [5, 5.41) is 3.62. The van der Waals surface area contributed by atoms with Crippen molar-refractivity contribution in [2.75, 3.05) is 5.32 Å². The Morgan fingerprint density at radius 1 is 0.917 bits per heavy atom. The van der Waals surface area contributed by atoms with E-state index in [1.54, 1.807) is 0 Å². The summed E-state index contributed by atoms with van der Waals surface area (Å²) in [6, 6.07) is 5.59. The van der Waals surface area contributed by atoms with Crippen molar-refractivity contribution in [1.82, 2.24) is 0 Å². The number of nitrogens with one attached hydrogen (secondary N) is 1. The number of anilines is 1. The SMILES string of the molecule is CCCCCCCCCCCCCC(=O)Nc1cc(Cl)ccc1C. The Morgan fingerprint density at radius 2 is 1.46 bits per heavy atom. The number of carbonyl (C=O) groups excluding carboxylic acids is 1. The highest BCUT2D eigenvalue weighted by atomic mass is 35.5. The van der Waals surface area contributed by atoms with Gasteiger partial charge in [-0.15, -0.1) is 0 Å². The Morgan fingerprint density at radius 3 is 2.04 bits per heavy atom. The molecule has 0 unspecified atom stereocenters. The molecule has 1 rings (SSSR count). The third-order valence-corrected chi connectivity index (χ3v) is 4.72. The van der Waals surface area contributed by atoms with Gasteiger partial charge in [-0.05, 0) is 31.0 Å². The summed E-state index contributed by atoms with van der Waals surface area (Å²) in [4.78, 5) is 12.0. The molecule has 136 valence electrons. The number of benzene rings is 1. The summed E-state index contributed by atoms with van der Waals surface area (Å²) in [7, 11) is 0. The van der Waals surface area contributed by atoms with E-state index in [1.807, 2.05) is 25.1 Å². The lowest BCUT2D eigenvalue weighted by Gasteiger charge is -2.08. The lowest BCUT2D eigenvalue weighted by Crippen LogP contribution is -2.12. The highest BCUT2D eigenvalue weighted by Gasteiger charge is 2.05. The van der Waals surface area contributed by atoms with Gasteiger partial charge in [0.25, 0.3) is 0 Å². The molecule has 0 heterocycles. The molecule has 0 aromatic heterocycles. The standard InChI is InChI=1S/C21H34ClNO/c1-3-4-5-6-7-8-9-10-11-12-13-14-21(24)23-20-17-19(22)16-15-18(20)2/h15-17H,3-14H2,1-2H3,(H,23,24). The number of unbranched alkanes of at least 4 members (excludes halogenated alkanes) is 10. The number of amides is 1. The Hall–Kier alpha value is -1.02. The number of halogens is 1. The van der Waals surface area contributed by atoms with Crippen LogP contribution in [0.3, 0.4) is 0 Å². The van der Waals surface area contributed by atoms with Crippen LogP contribution in [0.25, 0.3) is 0 Å². The zero-order chi connectivity index (χ0) is 17.6. The first-order valence-corrected chi connectivity index (χ1v) is 10.1. The smallest absolute Gasteiger partial charge is 0.224 e. The van der Waals surface area contributed by atoms with Crippen molar-refractivity contribution < 1.29 is 4.79 Å². The molecule has 0 aliphatic carbocycles. The van der Waals surface area contributed by atoms with Crippen molar-refractivity contribution in [2.45, 2.75) is 90.9 Å². The first kappa shape index (κ1) is 21.0. The highest BCUT2D eigenvalue weighted by Crippen LogP contribution is 2.20. The van der Waals surface area contributed by atoms with Crippen molar-refractivity contribution in [2.24, 2.45) is 0 Å². The molecule has 0 spiro atoms. The molecule has 0 saturated heterocycles. The molecule has 24 heavy (non-hydrogen) atoms. The summed E-state index contributed by atoms with van der Waals surface area (Å²) < 4.78 is 0. The first-order valence-electron chi connectivity index (χ1n) is 9.69. The molecule has 1 aromatic carbocycles. The minimum atomic E-state index is 0.0938. The van der Waals surface area contributed by atoms with Crippen LogP contribution in [0.1, 0.15) is 89.5 Å². The Labute approximate surface area is 153 Å². The molecule has 2 nitrogen and oxygen atoms in total. The maximum absolute atomic E-state index is 12.0.